The quantitative estimate of drug-likeness (QED) is 0.844. The van der Waals surface area contributed by atoms with E-state index in [2.05, 4.69) is 15.5 Å². The van der Waals surface area contributed by atoms with Crippen molar-refractivity contribution in [3.05, 3.63) is 29.3 Å². The van der Waals surface area contributed by atoms with Crippen LogP contribution in [-0.2, 0) is 6.42 Å². The number of anilines is 1. The van der Waals surface area contributed by atoms with Gasteiger partial charge in [-0.25, -0.2) is 0 Å². The van der Waals surface area contributed by atoms with Crippen LogP contribution in [0.3, 0.4) is 0 Å². The third-order valence-corrected chi connectivity index (χ3v) is 3.18. The summed E-state index contributed by atoms with van der Waals surface area (Å²) < 4.78 is 0. The van der Waals surface area contributed by atoms with E-state index >= 15 is 0 Å². The maximum Gasteiger partial charge on any atom is 0.251 e. The van der Waals surface area contributed by atoms with Gasteiger partial charge in [0, 0.05) is 30.9 Å². The molecule has 4 heteroatoms. The van der Waals surface area contributed by atoms with Gasteiger partial charge < -0.3 is 15.5 Å². The Hall–Kier alpha value is -1.55. The number of hydrogen-bond acceptors (Lipinski definition) is 3. The standard InChI is InChI=1S/C14H21N3O/c1-17(2)10-9-16-14(18)12-5-3-7-13-11(12)6-4-8-15-13/h3,5,7,15H,4,6,8-10H2,1-2H3,(H,16,18). The molecule has 1 aliphatic rings. The van der Waals surface area contributed by atoms with Gasteiger partial charge in [0.15, 0.2) is 0 Å². The zero-order chi connectivity index (χ0) is 13.0. The molecule has 2 N–H and O–H groups in total. The van der Waals surface area contributed by atoms with E-state index < -0.39 is 0 Å². The molecule has 2 rings (SSSR count). The molecule has 1 aromatic carbocycles. The smallest absolute Gasteiger partial charge is 0.251 e. The molecule has 0 spiro atoms. The Balaban J connectivity index is 2.06. The van der Waals surface area contributed by atoms with Crippen LogP contribution in [0.1, 0.15) is 22.3 Å². The fraction of sp³-hybridized carbons (Fsp3) is 0.500. The third-order valence-electron chi connectivity index (χ3n) is 3.18. The van der Waals surface area contributed by atoms with Crippen molar-refractivity contribution in [3.8, 4) is 0 Å². The molecule has 0 radical (unpaired) electrons. The highest BCUT2D eigenvalue weighted by molar-refractivity contribution is 5.97. The highest BCUT2D eigenvalue weighted by atomic mass is 16.1. The molecule has 0 saturated heterocycles. The normalized spacial score (nSPS) is 13.9. The first-order valence-electron chi connectivity index (χ1n) is 6.47. The molecule has 0 unspecified atom stereocenters. The minimum absolute atomic E-state index is 0.0393. The Bertz CT molecular complexity index is 429. The predicted octanol–water partition coefficient (Wildman–Crippen LogP) is 1.34. The van der Waals surface area contributed by atoms with Gasteiger partial charge in [-0.15, -0.1) is 0 Å². The molecule has 0 fully saturated rings. The largest absolute Gasteiger partial charge is 0.385 e. The molecular weight excluding hydrogens is 226 g/mol. The molecule has 1 aliphatic heterocycles. The number of amides is 1. The van der Waals surface area contributed by atoms with Gasteiger partial charge in [-0.1, -0.05) is 6.07 Å². The Morgan fingerprint density at radius 3 is 3.06 bits per heavy atom. The predicted molar refractivity (Wildman–Crippen MR) is 74.1 cm³/mol. The second kappa shape index (κ2) is 5.87. The average Bonchev–Trinajstić information content (AvgIpc) is 2.37. The summed E-state index contributed by atoms with van der Waals surface area (Å²) in [5.74, 6) is 0.0393. The molecule has 0 aromatic heterocycles. The molecule has 98 valence electrons. The van der Waals surface area contributed by atoms with Crippen LogP contribution in [0.25, 0.3) is 0 Å². The topological polar surface area (TPSA) is 44.4 Å². The van der Waals surface area contributed by atoms with Crippen LogP contribution < -0.4 is 10.6 Å². The number of nitrogens with one attached hydrogen (secondary N) is 2. The first kappa shape index (κ1) is 12.9. The first-order chi connectivity index (χ1) is 8.68. The molecule has 1 aromatic rings. The molecule has 0 bridgehead atoms. The van der Waals surface area contributed by atoms with Crippen LogP contribution in [0.15, 0.2) is 18.2 Å². The van der Waals surface area contributed by atoms with Gasteiger partial charge in [-0.05, 0) is 44.6 Å². The third kappa shape index (κ3) is 3.01. The summed E-state index contributed by atoms with van der Waals surface area (Å²) in [5, 5.41) is 6.32. The first-order valence-corrected chi connectivity index (χ1v) is 6.47. The number of carbonyl (C=O) groups is 1. The maximum absolute atomic E-state index is 12.1. The Kier molecular flexibility index (Phi) is 4.20. The number of rotatable bonds is 4. The summed E-state index contributed by atoms with van der Waals surface area (Å²) in [6, 6.07) is 5.90. The molecule has 4 nitrogen and oxygen atoms in total. The fourth-order valence-electron chi connectivity index (χ4n) is 2.21. The summed E-state index contributed by atoms with van der Waals surface area (Å²) in [6.45, 7) is 2.54. The van der Waals surface area contributed by atoms with Crippen LogP contribution in [-0.4, -0.2) is 44.5 Å². The average molecular weight is 247 g/mol. The van der Waals surface area contributed by atoms with E-state index in [1.807, 2.05) is 32.3 Å². The van der Waals surface area contributed by atoms with Gasteiger partial charge >= 0.3 is 0 Å². The zero-order valence-corrected chi connectivity index (χ0v) is 11.1. The SMILES string of the molecule is CN(C)CCNC(=O)c1cccc2c1CCCN2. The number of carbonyl (C=O) groups excluding carboxylic acids is 1. The minimum Gasteiger partial charge on any atom is -0.385 e. The lowest BCUT2D eigenvalue weighted by atomic mass is 9.97. The highest BCUT2D eigenvalue weighted by Crippen LogP contribution is 2.25. The molecular formula is C14H21N3O. The van der Waals surface area contributed by atoms with Crippen molar-refractivity contribution in [1.82, 2.24) is 10.2 Å². The summed E-state index contributed by atoms with van der Waals surface area (Å²) in [4.78, 5) is 14.2. The van der Waals surface area contributed by atoms with E-state index in [1.54, 1.807) is 0 Å². The fourth-order valence-corrected chi connectivity index (χ4v) is 2.21. The lowest BCUT2D eigenvalue weighted by Crippen LogP contribution is -2.32. The van der Waals surface area contributed by atoms with Gasteiger partial charge in [-0.2, -0.15) is 0 Å². The van der Waals surface area contributed by atoms with E-state index in [0.29, 0.717) is 6.54 Å². The van der Waals surface area contributed by atoms with Crippen molar-refractivity contribution in [1.29, 1.82) is 0 Å². The Labute approximate surface area is 108 Å². The Morgan fingerprint density at radius 1 is 1.44 bits per heavy atom. The van der Waals surface area contributed by atoms with Crippen molar-refractivity contribution >= 4 is 11.6 Å². The van der Waals surface area contributed by atoms with Crippen LogP contribution >= 0.6 is 0 Å². The minimum atomic E-state index is 0.0393. The number of hydrogen-bond donors (Lipinski definition) is 2. The van der Waals surface area contributed by atoms with E-state index in [0.717, 1.165) is 42.7 Å². The highest BCUT2D eigenvalue weighted by Gasteiger charge is 2.16. The lowest BCUT2D eigenvalue weighted by molar-refractivity contribution is 0.0950. The van der Waals surface area contributed by atoms with Crippen molar-refractivity contribution < 1.29 is 4.79 Å². The molecule has 0 saturated carbocycles. The number of benzene rings is 1. The molecule has 18 heavy (non-hydrogen) atoms. The summed E-state index contributed by atoms with van der Waals surface area (Å²) in [5.41, 5.74) is 3.09. The van der Waals surface area contributed by atoms with Gasteiger partial charge in [0.1, 0.15) is 0 Å². The van der Waals surface area contributed by atoms with E-state index in [1.165, 1.54) is 0 Å². The molecule has 1 amide bonds. The number of fused-ring (bicyclic) bond motifs is 1. The van der Waals surface area contributed by atoms with E-state index in [-0.39, 0.29) is 5.91 Å². The summed E-state index contributed by atoms with van der Waals surface area (Å²) in [6.07, 6.45) is 2.08. The van der Waals surface area contributed by atoms with Crippen LogP contribution in [0.5, 0.6) is 0 Å². The number of nitrogens with zero attached hydrogens (tertiary/aromatic N) is 1. The monoisotopic (exact) mass is 247 g/mol. The van der Waals surface area contributed by atoms with Crippen molar-refractivity contribution in [2.45, 2.75) is 12.8 Å². The lowest BCUT2D eigenvalue weighted by Gasteiger charge is -2.20. The zero-order valence-electron chi connectivity index (χ0n) is 11.1. The van der Waals surface area contributed by atoms with Gasteiger partial charge in [-0.3, -0.25) is 4.79 Å². The van der Waals surface area contributed by atoms with Crippen LogP contribution in [0, 0.1) is 0 Å². The van der Waals surface area contributed by atoms with Gasteiger partial charge in [0.2, 0.25) is 0 Å². The molecule has 0 aliphatic carbocycles. The van der Waals surface area contributed by atoms with E-state index in [9.17, 15) is 4.79 Å². The Morgan fingerprint density at radius 2 is 2.28 bits per heavy atom. The second-order valence-electron chi connectivity index (χ2n) is 4.92. The van der Waals surface area contributed by atoms with Crippen molar-refractivity contribution in [3.63, 3.8) is 0 Å². The van der Waals surface area contributed by atoms with Gasteiger partial charge in [0.05, 0.1) is 0 Å². The van der Waals surface area contributed by atoms with Crippen molar-refractivity contribution in [2.24, 2.45) is 0 Å². The van der Waals surface area contributed by atoms with Crippen LogP contribution in [0.2, 0.25) is 0 Å². The summed E-state index contributed by atoms with van der Waals surface area (Å²) in [7, 11) is 4.00. The van der Waals surface area contributed by atoms with Gasteiger partial charge in [0.25, 0.3) is 5.91 Å². The van der Waals surface area contributed by atoms with Crippen LogP contribution in [0.4, 0.5) is 5.69 Å². The second-order valence-corrected chi connectivity index (χ2v) is 4.92. The van der Waals surface area contributed by atoms with Crippen molar-refractivity contribution in [2.75, 3.05) is 39.0 Å². The number of likely N-dealkylation sites (N-methyl/N-ethyl adjacent to an activating group) is 1. The molecule has 0 atom stereocenters. The molecule has 1 heterocycles. The maximum atomic E-state index is 12.1. The van der Waals surface area contributed by atoms with E-state index in [4.69, 9.17) is 0 Å². The summed E-state index contributed by atoms with van der Waals surface area (Å²) >= 11 is 0.